The number of fused-ring (bicyclic) bond motifs is 1. The van der Waals surface area contributed by atoms with Gasteiger partial charge in [-0.1, -0.05) is 11.6 Å². The Bertz CT molecular complexity index is 656. The highest BCUT2D eigenvalue weighted by molar-refractivity contribution is 6.31. The van der Waals surface area contributed by atoms with Gasteiger partial charge in [0.15, 0.2) is 0 Å². The number of hydrogen-bond acceptors (Lipinski definition) is 3. The van der Waals surface area contributed by atoms with Crippen LogP contribution in [0.2, 0.25) is 5.02 Å². The monoisotopic (exact) mass is 288 g/mol. The average Bonchev–Trinajstić information content (AvgIpc) is 2.68. The minimum atomic E-state index is -4.55. The lowest BCUT2D eigenvalue weighted by Gasteiger charge is -2.06. The fourth-order valence-corrected chi connectivity index (χ4v) is 1.82. The molecule has 1 aromatic carbocycles. The molecule has 2 aromatic rings. The van der Waals surface area contributed by atoms with Crippen LogP contribution >= 0.6 is 11.6 Å². The number of hydrogen-bond donors (Lipinski definition) is 0. The molecule has 100 valence electrons. The molecule has 0 fully saturated rings. The van der Waals surface area contributed by atoms with Crippen molar-refractivity contribution in [1.29, 1.82) is 5.26 Å². The highest BCUT2D eigenvalue weighted by Gasteiger charge is 2.34. The SMILES string of the molecule is CC(C#N)Cn1nc2cc(Cl)cc(C(F)(F)F)c2n1. The number of rotatable bonds is 2. The number of nitrogens with zero attached hydrogens (tertiary/aromatic N) is 4. The summed E-state index contributed by atoms with van der Waals surface area (Å²) in [5.41, 5.74) is -1.13. The molecule has 4 nitrogen and oxygen atoms in total. The first-order valence-electron chi connectivity index (χ1n) is 5.32. The number of halogens is 4. The molecular weight excluding hydrogens is 281 g/mol. The highest BCUT2D eigenvalue weighted by Crippen LogP contribution is 2.35. The first kappa shape index (κ1) is 13.6. The summed E-state index contributed by atoms with van der Waals surface area (Å²) < 4.78 is 38.5. The molecule has 0 aliphatic rings. The fraction of sp³-hybridized carbons (Fsp3) is 0.364. The summed E-state index contributed by atoms with van der Waals surface area (Å²) in [7, 11) is 0. The lowest BCUT2D eigenvalue weighted by molar-refractivity contribution is -0.136. The molecule has 0 spiro atoms. The van der Waals surface area contributed by atoms with Gasteiger partial charge in [0, 0.05) is 5.02 Å². The first-order chi connectivity index (χ1) is 8.81. The quantitative estimate of drug-likeness (QED) is 0.852. The molecule has 0 saturated carbocycles. The molecule has 0 bridgehead atoms. The Morgan fingerprint density at radius 1 is 1.42 bits per heavy atom. The zero-order chi connectivity index (χ0) is 14.2. The molecule has 1 atom stereocenters. The minimum Gasteiger partial charge on any atom is -0.198 e. The van der Waals surface area contributed by atoms with Gasteiger partial charge in [0.25, 0.3) is 0 Å². The fourth-order valence-electron chi connectivity index (χ4n) is 1.61. The first-order valence-corrected chi connectivity index (χ1v) is 5.70. The van der Waals surface area contributed by atoms with E-state index in [4.69, 9.17) is 16.9 Å². The van der Waals surface area contributed by atoms with Crippen LogP contribution in [0.3, 0.4) is 0 Å². The zero-order valence-electron chi connectivity index (χ0n) is 9.74. The van der Waals surface area contributed by atoms with E-state index in [-0.39, 0.29) is 22.6 Å². The van der Waals surface area contributed by atoms with E-state index in [1.54, 1.807) is 6.92 Å². The predicted molar refractivity (Wildman–Crippen MR) is 62.3 cm³/mol. The molecule has 0 N–H and O–H groups in total. The Kier molecular flexibility index (Phi) is 3.37. The molecule has 8 heteroatoms. The van der Waals surface area contributed by atoms with Gasteiger partial charge in [-0.25, -0.2) is 0 Å². The molecule has 1 heterocycles. The van der Waals surface area contributed by atoms with Gasteiger partial charge < -0.3 is 0 Å². The van der Waals surface area contributed by atoms with Gasteiger partial charge in [0.1, 0.15) is 11.0 Å². The second-order valence-corrected chi connectivity index (χ2v) is 4.54. The van der Waals surface area contributed by atoms with Gasteiger partial charge in [-0.05, 0) is 19.1 Å². The van der Waals surface area contributed by atoms with Crippen molar-refractivity contribution in [2.24, 2.45) is 5.92 Å². The van der Waals surface area contributed by atoms with E-state index in [1.165, 1.54) is 6.07 Å². The predicted octanol–water partition coefficient (Wildman–Crippen LogP) is 3.26. The molecule has 19 heavy (non-hydrogen) atoms. The third-order valence-electron chi connectivity index (χ3n) is 2.46. The largest absolute Gasteiger partial charge is 0.418 e. The topological polar surface area (TPSA) is 54.5 Å². The van der Waals surface area contributed by atoms with E-state index in [9.17, 15) is 13.2 Å². The maximum atomic E-state index is 12.8. The van der Waals surface area contributed by atoms with Crippen LogP contribution in [-0.4, -0.2) is 15.0 Å². The van der Waals surface area contributed by atoms with Crippen molar-refractivity contribution in [2.75, 3.05) is 0 Å². The smallest absolute Gasteiger partial charge is 0.198 e. The molecular formula is C11H8ClF3N4. The molecule has 1 aromatic heterocycles. The Morgan fingerprint density at radius 2 is 2.11 bits per heavy atom. The van der Waals surface area contributed by atoms with Gasteiger partial charge in [-0.15, -0.1) is 0 Å². The molecule has 0 saturated heterocycles. The van der Waals surface area contributed by atoms with Gasteiger partial charge in [-0.3, -0.25) is 0 Å². The van der Waals surface area contributed by atoms with E-state index >= 15 is 0 Å². The molecule has 2 rings (SSSR count). The second kappa shape index (κ2) is 4.70. The van der Waals surface area contributed by atoms with Crippen molar-refractivity contribution in [3.8, 4) is 6.07 Å². The van der Waals surface area contributed by atoms with Crippen molar-refractivity contribution in [2.45, 2.75) is 19.6 Å². The summed E-state index contributed by atoms with van der Waals surface area (Å²) >= 11 is 5.64. The lowest BCUT2D eigenvalue weighted by Crippen LogP contribution is -2.09. The molecule has 0 amide bonds. The van der Waals surface area contributed by atoms with Gasteiger partial charge >= 0.3 is 6.18 Å². The van der Waals surface area contributed by atoms with Crippen LogP contribution in [0.4, 0.5) is 13.2 Å². The van der Waals surface area contributed by atoms with Crippen LogP contribution in [0.1, 0.15) is 12.5 Å². The maximum Gasteiger partial charge on any atom is 0.418 e. The van der Waals surface area contributed by atoms with E-state index in [0.717, 1.165) is 10.9 Å². The van der Waals surface area contributed by atoms with Crippen LogP contribution in [0, 0.1) is 17.2 Å². The number of nitriles is 1. The summed E-state index contributed by atoms with van der Waals surface area (Å²) in [4.78, 5) is 1.09. The van der Waals surface area contributed by atoms with E-state index < -0.39 is 17.7 Å². The van der Waals surface area contributed by atoms with E-state index in [0.29, 0.717) is 0 Å². The number of aromatic nitrogens is 3. The molecule has 0 aliphatic carbocycles. The van der Waals surface area contributed by atoms with Crippen LogP contribution in [0.5, 0.6) is 0 Å². The normalized spacial score (nSPS) is 13.5. The van der Waals surface area contributed by atoms with Crippen molar-refractivity contribution >= 4 is 22.6 Å². The third-order valence-corrected chi connectivity index (χ3v) is 2.67. The van der Waals surface area contributed by atoms with E-state index in [2.05, 4.69) is 10.2 Å². The van der Waals surface area contributed by atoms with Crippen LogP contribution in [-0.2, 0) is 12.7 Å². The van der Waals surface area contributed by atoms with Crippen molar-refractivity contribution in [1.82, 2.24) is 15.0 Å². The number of alkyl halides is 3. The minimum absolute atomic E-state index is 0.0554. The van der Waals surface area contributed by atoms with Gasteiger partial charge in [-0.2, -0.15) is 33.4 Å². The Balaban J connectivity index is 2.56. The van der Waals surface area contributed by atoms with E-state index in [1.807, 2.05) is 6.07 Å². The summed E-state index contributed by atoms with van der Waals surface area (Å²) in [6, 6.07) is 4.09. The highest BCUT2D eigenvalue weighted by atomic mass is 35.5. The van der Waals surface area contributed by atoms with Crippen LogP contribution in [0.15, 0.2) is 12.1 Å². The van der Waals surface area contributed by atoms with Crippen molar-refractivity contribution in [3.63, 3.8) is 0 Å². The summed E-state index contributed by atoms with van der Waals surface area (Å²) in [5, 5.41) is 16.3. The Morgan fingerprint density at radius 3 is 2.68 bits per heavy atom. The Hall–Kier alpha value is -1.81. The van der Waals surface area contributed by atoms with Crippen LogP contribution in [0.25, 0.3) is 11.0 Å². The standard InChI is InChI=1S/C11H8ClF3N4/c1-6(4-16)5-19-17-9-3-7(12)2-8(10(9)18-19)11(13,14)15/h2-3,6H,5H2,1H3. The molecule has 1 unspecified atom stereocenters. The van der Waals surface area contributed by atoms with Gasteiger partial charge in [0.2, 0.25) is 0 Å². The second-order valence-electron chi connectivity index (χ2n) is 4.10. The molecule has 0 radical (unpaired) electrons. The third kappa shape index (κ3) is 2.79. The van der Waals surface area contributed by atoms with Crippen molar-refractivity contribution in [3.05, 3.63) is 22.7 Å². The molecule has 0 aliphatic heterocycles. The van der Waals surface area contributed by atoms with Crippen LogP contribution < -0.4 is 0 Å². The summed E-state index contributed by atoms with van der Waals surface area (Å²) in [5.74, 6) is -0.397. The summed E-state index contributed by atoms with van der Waals surface area (Å²) in [6.45, 7) is 1.76. The number of benzene rings is 1. The summed E-state index contributed by atoms with van der Waals surface area (Å²) in [6.07, 6.45) is -4.55. The van der Waals surface area contributed by atoms with Crippen molar-refractivity contribution < 1.29 is 13.2 Å². The van der Waals surface area contributed by atoms with Gasteiger partial charge in [0.05, 0.1) is 24.1 Å². The zero-order valence-corrected chi connectivity index (χ0v) is 10.5. The lowest BCUT2D eigenvalue weighted by atomic mass is 10.2. The Labute approximate surface area is 111 Å². The average molecular weight is 289 g/mol. The maximum absolute atomic E-state index is 12.8.